The van der Waals surface area contributed by atoms with Gasteiger partial charge in [0.05, 0.1) is 12.6 Å². The molecule has 0 aromatic carbocycles. The summed E-state index contributed by atoms with van der Waals surface area (Å²) >= 11 is 6.08. The highest BCUT2D eigenvalue weighted by Gasteiger charge is 2.25. The van der Waals surface area contributed by atoms with Crippen LogP contribution in [0.4, 0.5) is 5.82 Å². The molecule has 0 unspecified atom stereocenters. The molecule has 1 amide bonds. The predicted molar refractivity (Wildman–Crippen MR) is 105 cm³/mol. The molecule has 3 aromatic heterocycles. The standard InChI is InChI=1S/C19H21ClN6O2/c1-26-10-15(21-11-26)18(27)23-13-5-2-4-12(8-13)22-17-9-14(24-19(20)25-17)16-6-3-7-28-16/h3,6-7,9-13H,2,4-5,8H2,1H3,(H,23,27)(H,22,24,25)/t12-,13+/m1/s1. The number of carbonyl (C=O) groups excluding carboxylic acids is 1. The summed E-state index contributed by atoms with van der Waals surface area (Å²) < 4.78 is 7.15. The van der Waals surface area contributed by atoms with E-state index < -0.39 is 0 Å². The number of amides is 1. The molecule has 0 saturated heterocycles. The van der Waals surface area contributed by atoms with Crippen LogP contribution >= 0.6 is 11.6 Å². The van der Waals surface area contributed by atoms with Crippen LogP contribution in [0.5, 0.6) is 0 Å². The van der Waals surface area contributed by atoms with Gasteiger partial charge in [0.25, 0.3) is 5.91 Å². The van der Waals surface area contributed by atoms with Crippen LogP contribution in [0.3, 0.4) is 0 Å². The van der Waals surface area contributed by atoms with E-state index in [4.69, 9.17) is 16.0 Å². The molecule has 1 saturated carbocycles. The minimum atomic E-state index is -0.142. The lowest BCUT2D eigenvalue weighted by Gasteiger charge is -2.30. The third kappa shape index (κ3) is 4.33. The normalized spacial score (nSPS) is 19.4. The molecule has 1 aliphatic carbocycles. The number of rotatable bonds is 5. The van der Waals surface area contributed by atoms with Crippen molar-refractivity contribution in [1.29, 1.82) is 0 Å². The first-order valence-electron chi connectivity index (χ1n) is 9.20. The summed E-state index contributed by atoms with van der Waals surface area (Å²) in [6, 6.07) is 5.71. The van der Waals surface area contributed by atoms with E-state index in [-0.39, 0.29) is 23.3 Å². The van der Waals surface area contributed by atoms with Crippen molar-refractivity contribution in [2.45, 2.75) is 37.8 Å². The molecule has 8 nitrogen and oxygen atoms in total. The molecule has 1 fully saturated rings. The van der Waals surface area contributed by atoms with Crippen LogP contribution in [0.15, 0.2) is 41.4 Å². The number of nitrogens with zero attached hydrogens (tertiary/aromatic N) is 4. The van der Waals surface area contributed by atoms with Crippen LogP contribution < -0.4 is 10.6 Å². The summed E-state index contributed by atoms with van der Waals surface area (Å²) in [6.45, 7) is 0. The van der Waals surface area contributed by atoms with E-state index in [1.54, 1.807) is 29.4 Å². The van der Waals surface area contributed by atoms with Gasteiger partial charge in [0, 0.05) is 31.4 Å². The molecule has 0 bridgehead atoms. The number of hydrogen-bond acceptors (Lipinski definition) is 6. The number of hydrogen-bond donors (Lipinski definition) is 2. The van der Waals surface area contributed by atoms with Gasteiger partial charge in [0.15, 0.2) is 5.76 Å². The van der Waals surface area contributed by atoms with E-state index in [1.165, 1.54) is 0 Å². The Bertz CT molecular complexity index is 955. The Morgan fingerprint density at radius 2 is 2.18 bits per heavy atom. The van der Waals surface area contributed by atoms with Gasteiger partial charge in [-0.3, -0.25) is 4.79 Å². The Morgan fingerprint density at radius 3 is 2.93 bits per heavy atom. The number of aromatic nitrogens is 4. The van der Waals surface area contributed by atoms with E-state index >= 15 is 0 Å². The van der Waals surface area contributed by atoms with Crippen molar-refractivity contribution in [3.8, 4) is 11.5 Å². The van der Waals surface area contributed by atoms with Crippen molar-refractivity contribution < 1.29 is 9.21 Å². The first kappa shape index (κ1) is 18.5. The number of carbonyl (C=O) groups is 1. The predicted octanol–water partition coefficient (Wildman–Crippen LogP) is 3.28. The van der Waals surface area contributed by atoms with Gasteiger partial charge >= 0.3 is 0 Å². The van der Waals surface area contributed by atoms with Crippen LogP contribution in [0.2, 0.25) is 5.28 Å². The highest BCUT2D eigenvalue weighted by Crippen LogP contribution is 2.25. The zero-order valence-corrected chi connectivity index (χ0v) is 16.2. The Balaban J connectivity index is 1.40. The second kappa shape index (κ2) is 8.02. The van der Waals surface area contributed by atoms with Crippen molar-refractivity contribution in [1.82, 2.24) is 24.8 Å². The zero-order valence-electron chi connectivity index (χ0n) is 15.4. The van der Waals surface area contributed by atoms with Gasteiger partial charge in [-0.1, -0.05) is 0 Å². The van der Waals surface area contributed by atoms with E-state index in [1.807, 2.05) is 19.2 Å². The molecule has 2 atom stereocenters. The van der Waals surface area contributed by atoms with Crippen molar-refractivity contribution in [2.24, 2.45) is 7.05 Å². The first-order chi connectivity index (χ1) is 13.6. The molecule has 3 heterocycles. The van der Waals surface area contributed by atoms with E-state index in [0.29, 0.717) is 23.0 Å². The van der Waals surface area contributed by atoms with Crippen molar-refractivity contribution in [3.63, 3.8) is 0 Å². The molecule has 146 valence electrons. The number of imidazole rings is 1. The van der Waals surface area contributed by atoms with E-state index in [2.05, 4.69) is 25.6 Å². The Labute approximate surface area is 167 Å². The molecule has 0 radical (unpaired) electrons. The molecule has 2 N–H and O–H groups in total. The Hall–Kier alpha value is -2.87. The summed E-state index contributed by atoms with van der Waals surface area (Å²) in [7, 11) is 1.84. The number of aryl methyl sites for hydroxylation is 1. The summed E-state index contributed by atoms with van der Waals surface area (Å²) in [5, 5.41) is 6.66. The third-order valence-electron chi connectivity index (χ3n) is 4.77. The molecule has 28 heavy (non-hydrogen) atoms. The van der Waals surface area contributed by atoms with Crippen LogP contribution in [0, 0.1) is 0 Å². The third-order valence-corrected chi connectivity index (χ3v) is 4.94. The summed E-state index contributed by atoms with van der Waals surface area (Å²) in [5.41, 5.74) is 1.06. The topological polar surface area (TPSA) is 97.9 Å². The average Bonchev–Trinajstić information content (AvgIpc) is 3.33. The SMILES string of the molecule is Cn1cnc(C(=O)N[C@H]2CCC[C@@H](Nc3cc(-c4ccco4)nc(Cl)n3)C2)c1. The lowest BCUT2D eigenvalue weighted by Crippen LogP contribution is -2.42. The van der Waals surface area contributed by atoms with E-state index in [9.17, 15) is 4.79 Å². The Morgan fingerprint density at radius 1 is 1.32 bits per heavy atom. The largest absolute Gasteiger partial charge is 0.463 e. The summed E-state index contributed by atoms with van der Waals surface area (Å²) in [6.07, 6.45) is 8.68. The van der Waals surface area contributed by atoms with Gasteiger partial charge in [0.1, 0.15) is 17.2 Å². The Kier molecular flexibility index (Phi) is 5.29. The van der Waals surface area contributed by atoms with Gasteiger partial charge in [-0.15, -0.1) is 0 Å². The monoisotopic (exact) mass is 400 g/mol. The average molecular weight is 401 g/mol. The second-order valence-electron chi connectivity index (χ2n) is 6.99. The van der Waals surface area contributed by atoms with Gasteiger partial charge < -0.3 is 19.6 Å². The van der Waals surface area contributed by atoms with Crippen LogP contribution in [0.25, 0.3) is 11.5 Å². The van der Waals surface area contributed by atoms with Crippen molar-refractivity contribution in [2.75, 3.05) is 5.32 Å². The minimum absolute atomic E-state index is 0.0857. The number of nitrogens with one attached hydrogen (secondary N) is 2. The molecule has 4 rings (SSSR count). The maximum atomic E-state index is 12.4. The number of halogens is 1. The van der Waals surface area contributed by atoms with Gasteiger partial charge in [-0.25, -0.2) is 15.0 Å². The summed E-state index contributed by atoms with van der Waals surface area (Å²) in [5.74, 6) is 1.14. The van der Waals surface area contributed by atoms with Gasteiger partial charge in [-0.05, 0) is 49.4 Å². The fourth-order valence-electron chi connectivity index (χ4n) is 3.49. The van der Waals surface area contributed by atoms with Gasteiger partial charge in [0.2, 0.25) is 5.28 Å². The number of furan rings is 1. The van der Waals surface area contributed by atoms with Crippen LogP contribution in [-0.2, 0) is 7.05 Å². The zero-order chi connectivity index (χ0) is 19.5. The van der Waals surface area contributed by atoms with Crippen LogP contribution in [-0.4, -0.2) is 37.5 Å². The van der Waals surface area contributed by atoms with E-state index in [0.717, 1.165) is 25.7 Å². The molecule has 9 heteroatoms. The second-order valence-corrected chi connectivity index (χ2v) is 7.33. The molecule has 0 aliphatic heterocycles. The highest BCUT2D eigenvalue weighted by atomic mass is 35.5. The smallest absolute Gasteiger partial charge is 0.271 e. The van der Waals surface area contributed by atoms with Crippen molar-refractivity contribution >= 4 is 23.3 Å². The van der Waals surface area contributed by atoms with Crippen LogP contribution in [0.1, 0.15) is 36.2 Å². The fraction of sp³-hybridized carbons (Fsp3) is 0.368. The van der Waals surface area contributed by atoms with Crippen molar-refractivity contribution in [3.05, 3.63) is 48.0 Å². The minimum Gasteiger partial charge on any atom is -0.463 e. The molecule has 3 aromatic rings. The summed E-state index contributed by atoms with van der Waals surface area (Å²) in [4.78, 5) is 25.0. The molecular formula is C19H21ClN6O2. The lowest BCUT2D eigenvalue weighted by molar-refractivity contribution is 0.0921. The molecule has 0 spiro atoms. The molecular weight excluding hydrogens is 380 g/mol. The lowest BCUT2D eigenvalue weighted by atomic mass is 9.91. The first-order valence-corrected chi connectivity index (χ1v) is 9.58. The fourth-order valence-corrected chi connectivity index (χ4v) is 3.67. The van der Waals surface area contributed by atoms with Gasteiger partial charge in [-0.2, -0.15) is 0 Å². The quantitative estimate of drug-likeness (QED) is 0.638. The number of anilines is 1. The maximum Gasteiger partial charge on any atom is 0.271 e. The maximum absolute atomic E-state index is 12.4. The highest BCUT2D eigenvalue weighted by molar-refractivity contribution is 6.28. The molecule has 1 aliphatic rings.